The van der Waals surface area contributed by atoms with E-state index in [1.807, 2.05) is 0 Å². The molecule has 1 aliphatic heterocycles. The van der Waals surface area contributed by atoms with Gasteiger partial charge in [-0.3, -0.25) is 16.0 Å². The number of nitrogens with one attached hydrogen (secondary N) is 3. The zero-order valence-electron chi connectivity index (χ0n) is 36.6. The zero-order chi connectivity index (χ0) is 45.7. The number of guanidine groups is 1. The van der Waals surface area contributed by atoms with Gasteiger partial charge in [0.1, 0.15) is 33.9 Å². The number of hydrogen-bond donors (Lipinski definition) is 6. The van der Waals surface area contributed by atoms with Crippen LogP contribution >= 0.6 is 0 Å². The van der Waals surface area contributed by atoms with E-state index in [4.69, 9.17) is 34.5 Å². The average molecular weight is 843 g/mol. The van der Waals surface area contributed by atoms with Crippen LogP contribution in [0.15, 0.2) is 77.0 Å². The number of rotatable bonds is 1. The van der Waals surface area contributed by atoms with Crippen molar-refractivity contribution in [2.45, 2.75) is 118 Å². The van der Waals surface area contributed by atoms with E-state index in [9.17, 15) is 24.3 Å². The maximum Gasteiger partial charge on any atom is 0.437 e. The highest BCUT2D eigenvalue weighted by atomic mass is 16.6. The number of ether oxygens (including phenoxy) is 5. The van der Waals surface area contributed by atoms with Gasteiger partial charge in [-0.05, 0) is 151 Å². The molecule has 1 saturated heterocycles. The Bertz CT molecular complexity index is 1770. The molecule has 1 fully saturated rings. The SMILES string of the molecule is C1CCOC1.CC(C)(C)OC(=O)N=C(NC(=O)OC(C)(C)C)n1cccn1.CC(C)(C)OC(=O)NC(=Nc1ccc(O)cc1)NC(=O)OC(C)(C)C.Nc1ccc(O)cc1. The van der Waals surface area contributed by atoms with Gasteiger partial charge in [-0.1, -0.05) is 0 Å². The van der Waals surface area contributed by atoms with Gasteiger partial charge in [-0.2, -0.15) is 5.10 Å². The van der Waals surface area contributed by atoms with Gasteiger partial charge < -0.3 is 39.6 Å². The summed E-state index contributed by atoms with van der Waals surface area (Å²) in [7, 11) is 0. The van der Waals surface area contributed by atoms with Crippen LogP contribution in [0.2, 0.25) is 0 Å². The number of aliphatic imine (C=N–C) groups is 2. The molecule has 0 unspecified atom stereocenters. The van der Waals surface area contributed by atoms with Crippen molar-refractivity contribution in [3.63, 3.8) is 0 Å². The first-order chi connectivity index (χ1) is 27.6. The van der Waals surface area contributed by atoms with E-state index in [1.54, 1.807) is 113 Å². The summed E-state index contributed by atoms with van der Waals surface area (Å²) in [4.78, 5) is 55.3. The molecule has 0 bridgehead atoms. The summed E-state index contributed by atoms with van der Waals surface area (Å²) in [5.74, 6) is 0.0580. The Morgan fingerprint density at radius 1 is 0.667 bits per heavy atom. The summed E-state index contributed by atoms with van der Waals surface area (Å²) in [6, 6.07) is 13.9. The number of carbonyl (C=O) groups excluding carboxylic acids is 4. The lowest BCUT2D eigenvalue weighted by Gasteiger charge is -2.22. The van der Waals surface area contributed by atoms with E-state index in [0.29, 0.717) is 11.4 Å². The number of nitrogen functional groups attached to an aromatic ring is 1. The van der Waals surface area contributed by atoms with E-state index in [1.165, 1.54) is 54.2 Å². The predicted molar refractivity (Wildman–Crippen MR) is 227 cm³/mol. The number of amides is 4. The number of nitrogens with zero attached hydrogens (tertiary/aromatic N) is 4. The number of aromatic hydroxyl groups is 2. The first-order valence-corrected chi connectivity index (χ1v) is 18.9. The maximum atomic E-state index is 11.9. The summed E-state index contributed by atoms with van der Waals surface area (Å²) in [6.07, 6.45) is 2.43. The third kappa shape index (κ3) is 27.3. The van der Waals surface area contributed by atoms with Crippen molar-refractivity contribution in [2.75, 3.05) is 18.9 Å². The molecule has 19 heteroatoms. The van der Waals surface area contributed by atoms with Crippen LogP contribution in [-0.4, -0.2) is 91.9 Å². The molecule has 4 amide bonds. The number of carbonyl (C=O) groups is 4. The second-order valence-corrected chi connectivity index (χ2v) is 16.6. The van der Waals surface area contributed by atoms with Gasteiger partial charge in [-0.25, -0.2) is 28.9 Å². The van der Waals surface area contributed by atoms with E-state index in [0.717, 1.165) is 13.2 Å². The first kappa shape index (κ1) is 51.6. The van der Waals surface area contributed by atoms with E-state index < -0.39 is 46.8 Å². The highest BCUT2D eigenvalue weighted by molar-refractivity contribution is 6.02. The molecule has 4 rings (SSSR count). The average Bonchev–Trinajstić information content (AvgIpc) is 3.82. The molecule has 1 aromatic heterocycles. The smallest absolute Gasteiger partial charge is 0.437 e. The van der Waals surface area contributed by atoms with Crippen LogP contribution < -0.4 is 21.7 Å². The summed E-state index contributed by atoms with van der Waals surface area (Å²) in [6.45, 7) is 22.6. The van der Waals surface area contributed by atoms with Crippen LogP contribution in [0.1, 0.15) is 95.9 Å². The summed E-state index contributed by atoms with van der Waals surface area (Å²) in [5.41, 5.74) is 3.60. The minimum atomic E-state index is -0.839. The lowest BCUT2D eigenvalue weighted by molar-refractivity contribution is 0.0530. The minimum Gasteiger partial charge on any atom is -0.508 e. The molecule has 2 aromatic carbocycles. The fraction of sp³-hybridized carbons (Fsp3) is 0.488. The number of alkyl carbamates (subject to hydrolysis) is 3. The molecule has 7 N–H and O–H groups in total. The molecule has 0 aliphatic carbocycles. The predicted octanol–water partition coefficient (Wildman–Crippen LogP) is 7.75. The monoisotopic (exact) mass is 842 g/mol. The highest BCUT2D eigenvalue weighted by Crippen LogP contribution is 2.17. The van der Waals surface area contributed by atoms with Crippen LogP contribution in [-0.2, 0) is 23.7 Å². The normalized spacial score (nSPS) is 12.6. The van der Waals surface area contributed by atoms with Gasteiger partial charge in [0.25, 0.3) is 0 Å². The highest BCUT2D eigenvalue weighted by Gasteiger charge is 2.23. The zero-order valence-corrected chi connectivity index (χ0v) is 36.6. The van der Waals surface area contributed by atoms with Crippen molar-refractivity contribution >= 4 is 47.7 Å². The van der Waals surface area contributed by atoms with Gasteiger partial charge in [0.2, 0.25) is 11.9 Å². The van der Waals surface area contributed by atoms with Gasteiger partial charge in [0.05, 0.1) is 5.69 Å². The van der Waals surface area contributed by atoms with Gasteiger partial charge in [0, 0.05) is 31.3 Å². The Balaban J connectivity index is 0.000000461. The number of nitrogens with two attached hydrogens (primary N) is 1. The minimum absolute atomic E-state index is 0.0701. The standard InChI is InChI=1S/C17H25N3O5.C14H22N4O4.C6H7NO.C4H8O/c1-16(2,3)24-14(22)19-13(20-15(23)25-17(4,5)6)18-11-7-9-12(21)10-8-11;1-13(2,3)21-11(19)16-10(18-9-7-8-15-18)17-12(20)22-14(4,5)6;7-5-1-3-6(8)4-2-5;1-2-4-5-3-1/h7-10,21H,1-6H3,(H2,18,19,20,22,23);7-9H,1-6H3,(H,16,17,19,20);1-4,8H,7H2;1-4H2. The number of aromatic nitrogens is 2. The molecule has 19 nitrogen and oxygen atoms in total. The van der Waals surface area contributed by atoms with Crippen LogP contribution in [0, 0.1) is 0 Å². The largest absolute Gasteiger partial charge is 0.508 e. The quantitative estimate of drug-likeness (QED) is 0.0451. The van der Waals surface area contributed by atoms with Crippen molar-refractivity contribution in [1.29, 1.82) is 0 Å². The number of benzene rings is 2. The third-order valence-electron chi connectivity index (χ3n) is 5.97. The van der Waals surface area contributed by atoms with E-state index in [-0.39, 0.29) is 23.4 Å². The Morgan fingerprint density at radius 2 is 1.08 bits per heavy atom. The first-order valence-electron chi connectivity index (χ1n) is 18.9. The number of hydrogen-bond acceptors (Lipinski definition) is 14. The van der Waals surface area contributed by atoms with Gasteiger partial charge in [-0.15, -0.1) is 4.99 Å². The fourth-order valence-corrected chi connectivity index (χ4v) is 3.83. The van der Waals surface area contributed by atoms with Crippen LogP contribution in [0.3, 0.4) is 0 Å². The van der Waals surface area contributed by atoms with Crippen LogP contribution in [0.4, 0.5) is 30.6 Å². The number of phenolic OH excluding ortho intramolecular Hbond substituents is 2. The lowest BCUT2D eigenvalue weighted by atomic mass is 10.2. The van der Waals surface area contributed by atoms with Crippen LogP contribution in [0.5, 0.6) is 11.5 Å². The van der Waals surface area contributed by atoms with Crippen molar-refractivity contribution in [1.82, 2.24) is 25.7 Å². The summed E-state index contributed by atoms with van der Waals surface area (Å²) < 4.78 is 26.7. The van der Waals surface area contributed by atoms with E-state index >= 15 is 0 Å². The Kier molecular flexibility index (Phi) is 20.6. The molecule has 3 aromatic rings. The van der Waals surface area contributed by atoms with Crippen molar-refractivity contribution < 1.29 is 53.1 Å². The molecular weight excluding hydrogens is 780 g/mol. The Morgan fingerprint density at radius 3 is 1.43 bits per heavy atom. The molecule has 0 spiro atoms. The lowest BCUT2D eigenvalue weighted by Crippen LogP contribution is -2.47. The molecule has 2 heterocycles. The van der Waals surface area contributed by atoms with Gasteiger partial charge >= 0.3 is 24.4 Å². The second kappa shape index (κ2) is 23.9. The number of anilines is 1. The molecule has 1 aliphatic rings. The molecule has 0 atom stereocenters. The fourth-order valence-electron chi connectivity index (χ4n) is 3.83. The molecule has 332 valence electrons. The van der Waals surface area contributed by atoms with Gasteiger partial charge in [0.15, 0.2) is 0 Å². The van der Waals surface area contributed by atoms with Crippen molar-refractivity contribution in [3.8, 4) is 11.5 Å². The maximum absolute atomic E-state index is 11.9. The third-order valence-corrected chi connectivity index (χ3v) is 5.97. The van der Waals surface area contributed by atoms with Crippen LogP contribution in [0.25, 0.3) is 0 Å². The Labute approximate surface area is 351 Å². The van der Waals surface area contributed by atoms with Crippen molar-refractivity contribution in [2.24, 2.45) is 9.98 Å². The summed E-state index contributed by atoms with van der Waals surface area (Å²) in [5, 5.41) is 29.0. The topological polar surface area (TPSA) is 260 Å². The Hall–Kier alpha value is -6.37. The summed E-state index contributed by atoms with van der Waals surface area (Å²) >= 11 is 0. The molecular formula is C41H62N8O11. The second-order valence-electron chi connectivity index (χ2n) is 16.6. The van der Waals surface area contributed by atoms with E-state index in [2.05, 4.69) is 31.0 Å². The number of phenols is 2. The molecule has 0 saturated carbocycles. The molecule has 0 radical (unpaired) electrons. The molecule has 60 heavy (non-hydrogen) atoms. The van der Waals surface area contributed by atoms with Crippen molar-refractivity contribution in [3.05, 3.63) is 67.0 Å².